The number of amides is 1. The molecule has 0 saturated heterocycles. The summed E-state index contributed by atoms with van der Waals surface area (Å²) in [5.41, 5.74) is 0.820. The van der Waals surface area contributed by atoms with Crippen LogP contribution in [0.4, 0.5) is 0 Å². The molecule has 1 aromatic heterocycles. The molecule has 5 heteroatoms. The minimum Gasteiger partial charge on any atom is -0.342 e. The summed E-state index contributed by atoms with van der Waals surface area (Å²) < 4.78 is 1.000. The van der Waals surface area contributed by atoms with Gasteiger partial charge in [0.25, 0.3) is 5.91 Å². The molecule has 0 atom stereocenters. The molecule has 0 bridgehead atoms. The van der Waals surface area contributed by atoms with Gasteiger partial charge < -0.3 is 5.32 Å². The molecule has 1 N–H and O–H groups in total. The van der Waals surface area contributed by atoms with E-state index >= 15 is 0 Å². The first kappa shape index (κ1) is 15.0. The standard InChI is InChI=1S/C15H14BrClN2O/c1-15(2,10-6-8-11(16)9-7-10)19-14(20)12-4-3-5-13(17)18-12/h3-9H,1-2H3,(H,19,20). The molecule has 20 heavy (non-hydrogen) atoms. The lowest BCUT2D eigenvalue weighted by atomic mass is 9.94. The van der Waals surface area contributed by atoms with E-state index in [0.29, 0.717) is 10.8 Å². The molecule has 0 aliphatic carbocycles. The Kier molecular flexibility index (Phi) is 4.45. The van der Waals surface area contributed by atoms with Crippen LogP contribution in [-0.4, -0.2) is 10.9 Å². The molecule has 0 aliphatic rings. The highest BCUT2D eigenvalue weighted by atomic mass is 79.9. The Morgan fingerprint density at radius 1 is 1.20 bits per heavy atom. The van der Waals surface area contributed by atoms with Crippen molar-refractivity contribution in [3.63, 3.8) is 0 Å². The van der Waals surface area contributed by atoms with Gasteiger partial charge in [0.05, 0.1) is 5.54 Å². The summed E-state index contributed by atoms with van der Waals surface area (Å²) in [6, 6.07) is 12.8. The normalized spacial score (nSPS) is 11.2. The van der Waals surface area contributed by atoms with Crippen LogP contribution in [0.15, 0.2) is 46.9 Å². The Morgan fingerprint density at radius 3 is 2.45 bits per heavy atom. The number of carbonyl (C=O) groups excluding carboxylic acids is 1. The quantitative estimate of drug-likeness (QED) is 0.842. The fourth-order valence-electron chi connectivity index (χ4n) is 1.82. The Morgan fingerprint density at radius 2 is 1.85 bits per heavy atom. The molecule has 1 aromatic carbocycles. The number of rotatable bonds is 3. The maximum absolute atomic E-state index is 12.2. The Balaban J connectivity index is 2.19. The van der Waals surface area contributed by atoms with Gasteiger partial charge in [0.2, 0.25) is 0 Å². The molecule has 0 spiro atoms. The highest BCUT2D eigenvalue weighted by Gasteiger charge is 2.23. The van der Waals surface area contributed by atoms with Crippen LogP contribution in [0.25, 0.3) is 0 Å². The van der Waals surface area contributed by atoms with Gasteiger partial charge in [-0.2, -0.15) is 0 Å². The van der Waals surface area contributed by atoms with Crippen LogP contribution in [0.2, 0.25) is 5.15 Å². The van der Waals surface area contributed by atoms with Crippen molar-refractivity contribution in [2.45, 2.75) is 19.4 Å². The van der Waals surface area contributed by atoms with Gasteiger partial charge in [0.15, 0.2) is 0 Å². The summed E-state index contributed by atoms with van der Waals surface area (Å²) in [6.45, 7) is 3.89. The highest BCUT2D eigenvalue weighted by molar-refractivity contribution is 9.10. The first-order valence-corrected chi connectivity index (χ1v) is 7.27. The number of pyridine rings is 1. The molecule has 2 aromatic rings. The summed E-state index contributed by atoms with van der Waals surface area (Å²) in [4.78, 5) is 16.2. The monoisotopic (exact) mass is 352 g/mol. The smallest absolute Gasteiger partial charge is 0.270 e. The van der Waals surface area contributed by atoms with E-state index in [-0.39, 0.29) is 5.91 Å². The van der Waals surface area contributed by atoms with E-state index in [1.807, 2.05) is 38.1 Å². The van der Waals surface area contributed by atoms with Crippen LogP contribution in [0.1, 0.15) is 29.9 Å². The summed E-state index contributed by atoms with van der Waals surface area (Å²) in [5.74, 6) is -0.250. The predicted octanol–water partition coefficient (Wildman–Crippen LogP) is 4.16. The second-order valence-corrected chi connectivity index (χ2v) is 6.23. The van der Waals surface area contributed by atoms with Crippen LogP contribution < -0.4 is 5.32 Å². The summed E-state index contributed by atoms with van der Waals surface area (Å²) >= 11 is 9.19. The van der Waals surface area contributed by atoms with Gasteiger partial charge in [-0.05, 0) is 43.7 Å². The van der Waals surface area contributed by atoms with Crippen molar-refractivity contribution in [2.24, 2.45) is 0 Å². The van der Waals surface area contributed by atoms with E-state index in [1.165, 1.54) is 0 Å². The van der Waals surface area contributed by atoms with E-state index < -0.39 is 5.54 Å². The Bertz CT molecular complexity index is 626. The molecule has 2 rings (SSSR count). The maximum Gasteiger partial charge on any atom is 0.270 e. The fraction of sp³-hybridized carbons (Fsp3) is 0.200. The first-order chi connectivity index (χ1) is 9.38. The van der Waals surface area contributed by atoms with Crippen molar-refractivity contribution in [3.05, 3.63) is 63.3 Å². The van der Waals surface area contributed by atoms with Crippen LogP contribution in [0.3, 0.4) is 0 Å². The molecular formula is C15H14BrClN2O. The maximum atomic E-state index is 12.2. The van der Waals surface area contributed by atoms with Gasteiger partial charge in [0.1, 0.15) is 10.8 Å². The topological polar surface area (TPSA) is 42.0 Å². The van der Waals surface area contributed by atoms with Gasteiger partial charge in [-0.25, -0.2) is 4.98 Å². The van der Waals surface area contributed by atoms with Crippen molar-refractivity contribution < 1.29 is 4.79 Å². The van der Waals surface area contributed by atoms with Gasteiger partial charge in [-0.3, -0.25) is 4.79 Å². The van der Waals surface area contributed by atoms with E-state index in [4.69, 9.17) is 11.6 Å². The van der Waals surface area contributed by atoms with Crippen molar-refractivity contribution in [2.75, 3.05) is 0 Å². The molecule has 3 nitrogen and oxygen atoms in total. The number of hydrogen-bond donors (Lipinski definition) is 1. The minimum atomic E-state index is -0.498. The third-order valence-electron chi connectivity index (χ3n) is 2.94. The number of hydrogen-bond acceptors (Lipinski definition) is 2. The molecule has 0 aliphatic heterocycles. The van der Waals surface area contributed by atoms with Gasteiger partial charge in [0, 0.05) is 4.47 Å². The third-order valence-corrected chi connectivity index (χ3v) is 3.68. The number of halogens is 2. The molecule has 0 radical (unpaired) electrons. The van der Waals surface area contributed by atoms with Crippen LogP contribution in [0.5, 0.6) is 0 Å². The van der Waals surface area contributed by atoms with Crippen LogP contribution in [-0.2, 0) is 5.54 Å². The summed E-state index contributed by atoms with van der Waals surface area (Å²) in [7, 11) is 0. The van der Waals surface area contributed by atoms with Crippen molar-refractivity contribution in [3.8, 4) is 0 Å². The zero-order valence-electron chi connectivity index (χ0n) is 11.2. The van der Waals surface area contributed by atoms with Crippen molar-refractivity contribution in [1.82, 2.24) is 10.3 Å². The first-order valence-electron chi connectivity index (χ1n) is 6.09. The molecule has 104 valence electrons. The zero-order chi connectivity index (χ0) is 14.8. The molecule has 0 unspecified atom stereocenters. The second kappa shape index (κ2) is 5.94. The zero-order valence-corrected chi connectivity index (χ0v) is 13.5. The van der Waals surface area contributed by atoms with Crippen molar-refractivity contribution >= 4 is 33.4 Å². The molecule has 0 fully saturated rings. The second-order valence-electron chi connectivity index (χ2n) is 4.93. The lowest BCUT2D eigenvalue weighted by Gasteiger charge is -2.26. The fourth-order valence-corrected chi connectivity index (χ4v) is 2.25. The molecular weight excluding hydrogens is 340 g/mol. The lowest BCUT2D eigenvalue weighted by molar-refractivity contribution is 0.0907. The van der Waals surface area contributed by atoms with E-state index in [2.05, 4.69) is 26.2 Å². The number of nitrogens with one attached hydrogen (secondary N) is 1. The van der Waals surface area contributed by atoms with Crippen LogP contribution >= 0.6 is 27.5 Å². The van der Waals surface area contributed by atoms with Gasteiger partial charge in [-0.1, -0.05) is 45.7 Å². The Hall–Kier alpha value is -1.39. The lowest BCUT2D eigenvalue weighted by Crippen LogP contribution is -2.41. The van der Waals surface area contributed by atoms with Crippen LogP contribution in [0, 0.1) is 0 Å². The number of aromatic nitrogens is 1. The minimum absolute atomic E-state index is 0.250. The molecule has 0 saturated carbocycles. The average molecular weight is 354 g/mol. The van der Waals surface area contributed by atoms with Gasteiger partial charge >= 0.3 is 0 Å². The highest BCUT2D eigenvalue weighted by Crippen LogP contribution is 2.22. The Labute approximate surface area is 131 Å². The SMILES string of the molecule is CC(C)(NC(=O)c1cccc(Cl)n1)c1ccc(Br)cc1. The molecule has 1 amide bonds. The average Bonchev–Trinajstić information content (AvgIpc) is 2.38. The predicted molar refractivity (Wildman–Crippen MR) is 83.9 cm³/mol. The van der Waals surface area contributed by atoms with E-state index in [1.54, 1.807) is 18.2 Å². The number of benzene rings is 1. The van der Waals surface area contributed by atoms with Gasteiger partial charge in [-0.15, -0.1) is 0 Å². The largest absolute Gasteiger partial charge is 0.342 e. The number of nitrogens with zero attached hydrogens (tertiary/aromatic N) is 1. The number of carbonyl (C=O) groups is 1. The van der Waals surface area contributed by atoms with E-state index in [0.717, 1.165) is 10.0 Å². The summed E-state index contributed by atoms with van der Waals surface area (Å²) in [6.07, 6.45) is 0. The molecule has 1 heterocycles. The van der Waals surface area contributed by atoms with E-state index in [9.17, 15) is 4.79 Å². The summed E-state index contributed by atoms with van der Waals surface area (Å²) in [5, 5.41) is 3.26. The third kappa shape index (κ3) is 3.58. The van der Waals surface area contributed by atoms with Crippen molar-refractivity contribution in [1.29, 1.82) is 0 Å².